The predicted octanol–water partition coefficient (Wildman–Crippen LogP) is 2.52. The van der Waals surface area contributed by atoms with Gasteiger partial charge in [0.05, 0.1) is 0 Å². The second-order valence-corrected chi connectivity index (χ2v) is 5.70. The molecule has 0 aromatic rings. The van der Waals surface area contributed by atoms with E-state index in [2.05, 4.69) is 5.32 Å². The van der Waals surface area contributed by atoms with Gasteiger partial charge in [0, 0.05) is 18.9 Å². The largest absolute Gasteiger partial charge is 0.444 e. The molecule has 17 heavy (non-hydrogen) atoms. The average molecular weight is 241 g/mol. The van der Waals surface area contributed by atoms with E-state index in [1.165, 1.54) is 0 Å². The number of nitrogens with one attached hydrogen (secondary N) is 1. The van der Waals surface area contributed by atoms with E-state index in [1.807, 2.05) is 27.7 Å². The molecule has 1 rings (SSSR count). The molecule has 1 saturated carbocycles. The van der Waals surface area contributed by atoms with E-state index in [0.717, 1.165) is 12.8 Å². The minimum Gasteiger partial charge on any atom is -0.444 e. The second kappa shape index (κ2) is 5.52. The smallest absolute Gasteiger partial charge is 0.407 e. The minimum atomic E-state index is -0.467. The number of hydrogen-bond donors (Lipinski definition) is 1. The van der Waals surface area contributed by atoms with Gasteiger partial charge >= 0.3 is 6.09 Å². The quantitative estimate of drug-likeness (QED) is 0.804. The van der Waals surface area contributed by atoms with Crippen LogP contribution in [0.25, 0.3) is 0 Å². The van der Waals surface area contributed by atoms with Gasteiger partial charge in [0.1, 0.15) is 11.4 Å². The Kier molecular flexibility index (Phi) is 4.54. The molecule has 0 aromatic heterocycles. The van der Waals surface area contributed by atoms with Gasteiger partial charge in [-0.2, -0.15) is 0 Å². The van der Waals surface area contributed by atoms with Crippen LogP contribution in [0, 0.1) is 11.8 Å². The van der Waals surface area contributed by atoms with Gasteiger partial charge in [0.2, 0.25) is 0 Å². The van der Waals surface area contributed by atoms with E-state index in [9.17, 15) is 9.59 Å². The maximum atomic E-state index is 11.5. The standard InChI is InChI=1S/C13H23NO3/c1-5-6-11(15)10-7-9(10)8-14-12(16)17-13(2,3)4/h9-10H,5-8H2,1-4H3,(H,14,16). The molecule has 4 heteroatoms. The van der Waals surface area contributed by atoms with Crippen LogP contribution in [-0.4, -0.2) is 24.0 Å². The van der Waals surface area contributed by atoms with Crippen molar-refractivity contribution in [2.45, 2.75) is 52.6 Å². The van der Waals surface area contributed by atoms with Gasteiger partial charge in [0.15, 0.2) is 0 Å². The normalized spacial score (nSPS) is 23.1. The Labute approximate surface area is 103 Å². The Balaban J connectivity index is 2.17. The van der Waals surface area contributed by atoms with Gasteiger partial charge in [-0.05, 0) is 39.5 Å². The second-order valence-electron chi connectivity index (χ2n) is 5.70. The molecule has 0 saturated heterocycles. The minimum absolute atomic E-state index is 0.171. The van der Waals surface area contributed by atoms with Crippen LogP contribution in [0.3, 0.4) is 0 Å². The van der Waals surface area contributed by atoms with Crippen molar-refractivity contribution in [3.63, 3.8) is 0 Å². The molecule has 1 aliphatic rings. The summed E-state index contributed by atoms with van der Waals surface area (Å²) in [6.07, 6.45) is 2.08. The highest BCUT2D eigenvalue weighted by Crippen LogP contribution is 2.39. The summed E-state index contributed by atoms with van der Waals surface area (Å²) in [5.41, 5.74) is -0.467. The Morgan fingerprint density at radius 2 is 2.00 bits per heavy atom. The third-order valence-corrected chi connectivity index (χ3v) is 2.74. The highest BCUT2D eigenvalue weighted by atomic mass is 16.6. The third-order valence-electron chi connectivity index (χ3n) is 2.74. The summed E-state index contributed by atoms with van der Waals surface area (Å²) in [4.78, 5) is 22.9. The number of ether oxygens (including phenoxy) is 1. The van der Waals surface area contributed by atoms with Crippen molar-refractivity contribution in [1.29, 1.82) is 0 Å². The first-order valence-electron chi connectivity index (χ1n) is 6.33. The van der Waals surface area contributed by atoms with E-state index in [0.29, 0.717) is 24.7 Å². The van der Waals surface area contributed by atoms with E-state index in [4.69, 9.17) is 4.74 Å². The number of Topliss-reactive ketones (excluding diaryl/α,β-unsaturated/α-hetero) is 1. The number of hydrogen-bond acceptors (Lipinski definition) is 3. The zero-order chi connectivity index (χ0) is 13.1. The summed E-state index contributed by atoms with van der Waals surface area (Å²) < 4.78 is 5.12. The lowest BCUT2D eigenvalue weighted by Gasteiger charge is -2.19. The van der Waals surface area contributed by atoms with Crippen LogP contribution >= 0.6 is 0 Å². The van der Waals surface area contributed by atoms with Crippen molar-refractivity contribution in [1.82, 2.24) is 5.32 Å². The number of alkyl carbamates (subject to hydrolysis) is 1. The van der Waals surface area contributed by atoms with Crippen molar-refractivity contribution in [3.8, 4) is 0 Å². The Morgan fingerprint density at radius 3 is 2.53 bits per heavy atom. The molecule has 98 valence electrons. The zero-order valence-electron chi connectivity index (χ0n) is 11.2. The molecule has 1 amide bonds. The first-order chi connectivity index (χ1) is 7.83. The Hall–Kier alpha value is -1.06. The molecule has 0 heterocycles. The van der Waals surface area contributed by atoms with Gasteiger partial charge in [-0.15, -0.1) is 0 Å². The number of carbonyl (C=O) groups excluding carboxylic acids is 2. The molecule has 0 radical (unpaired) electrons. The first kappa shape index (κ1) is 14.0. The molecule has 2 unspecified atom stereocenters. The number of ketones is 1. The summed E-state index contributed by atoms with van der Waals surface area (Å²) in [6, 6.07) is 0. The molecule has 0 aliphatic heterocycles. The van der Waals surface area contributed by atoms with E-state index < -0.39 is 11.7 Å². The highest BCUT2D eigenvalue weighted by molar-refractivity contribution is 5.83. The van der Waals surface area contributed by atoms with Crippen LogP contribution in [-0.2, 0) is 9.53 Å². The van der Waals surface area contributed by atoms with Crippen molar-refractivity contribution >= 4 is 11.9 Å². The fourth-order valence-corrected chi connectivity index (χ4v) is 1.83. The van der Waals surface area contributed by atoms with Crippen molar-refractivity contribution < 1.29 is 14.3 Å². The molecule has 0 aromatic carbocycles. The third kappa shape index (κ3) is 5.20. The molecule has 1 N–H and O–H groups in total. The maximum absolute atomic E-state index is 11.5. The SMILES string of the molecule is CCCC(=O)C1CC1CNC(=O)OC(C)(C)C. The van der Waals surface area contributed by atoms with Crippen LogP contribution in [0.5, 0.6) is 0 Å². The van der Waals surface area contributed by atoms with Crippen molar-refractivity contribution in [2.24, 2.45) is 11.8 Å². The molecular weight excluding hydrogens is 218 g/mol. The van der Waals surface area contributed by atoms with E-state index in [1.54, 1.807) is 0 Å². The predicted molar refractivity (Wildman–Crippen MR) is 65.7 cm³/mol. The fraction of sp³-hybridized carbons (Fsp3) is 0.846. The molecule has 0 spiro atoms. The van der Waals surface area contributed by atoms with Crippen LogP contribution in [0.15, 0.2) is 0 Å². The van der Waals surface area contributed by atoms with Crippen LogP contribution in [0.1, 0.15) is 47.0 Å². The van der Waals surface area contributed by atoms with Gasteiger partial charge in [-0.25, -0.2) is 4.79 Å². The summed E-state index contributed by atoms with van der Waals surface area (Å²) in [7, 11) is 0. The lowest BCUT2D eigenvalue weighted by molar-refractivity contribution is -0.120. The topological polar surface area (TPSA) is 55.4 Å². The Bertz CT molecular complexity index is 294. The summed E-state index contributed by atoms with van der Waals surface area (Å²) in [5.74, 6) is 0.829. The molecule has 1 fully saturated rings. The number of carbonyl (C=O) groups is 2. The lowest BCUT2D eigenvalue weighted by Crippen LogP contribution is -2.33. The fourth-order valence-electron chi connectivity index (χ4n) is 1.83. The highest BCUT2D eigenvalue weighted by Gasteiger charge is 2.41. The van der Waals surface area contributed by atoms with E-state index in [-0.39, 0.29) is 5.92 Å². The molecule has 2 atom stereocenters. The lowest BCUT2D eigenvalue weighted by atomic mass is 10.1. The van der Waals surface area contributed by atoms with Gasteiger partial charge in [-0.3, -0.25) is 4.79 Å². The average Bonchev–Trinajstić information content (AvgIpc) is 2.91. The Morgan fingerprint density at radius 1 is 1.35 bits per heavy atom. The molecular formula is C13H23NO3. The molecule has 0 bridgehead atoms. The van der Waals surface area contributed by atoms with Crippen molar-refractivity contribution in [3.05, 3.63) is 0 Å². The first-order valence-corrected chi connectivity index (χ1v) is 6.33. The summed E-state index contributed by atoms with van der Waals surface area (Å²) >= 11 is 0. The van der Waals surface area contributed by atoms with Crippen LogP contribution < -0.4 is 5.32 Å². The zero-order valence-corrected chi connectivity index (χ0v) is 11.2. The maximum Gasteiger partial charge on any atom is 0.407 e. The number of amides is 1. The van der Waals surface area contributed by atoms with Gasteiger partial charge < -0.3 is 10.1 Å². The van der Waals surface area contributed by atoms with Crippen LogP contribution in [0.2, 0.25) is 0 Å². The van der Waals surface area contributed by atoms with Gasteiger partial charge in [0.25, 0.3) is 0 Å². The monoisotopic (exact) mass is 241 g/mol. The van der Waals surface area contributed by atoms with E-state index >= 15 is 0 Å². The number of rotatable bonds is 5. The van der Waals surface area contributed by atoms with Crippen LogP contribution in [0.4, 0.5) is 4.79 Å². The summed E-state index contributed by atoms with van der Waals surface area (Å²) in [5, 5.41) is 2.71. The summed E-state index contributed by atoms with van der Waals surface area (Å²) in [6.45, 7) is 8.05. The van der Waals surface area contributed by atoms with Crippen molar-refractivity contribution in [2.75, 3.05) is 6.54 Å². The molecule has 4 nitrogen and oxygen atoms in total. The molecule has 1 aliphatic carbocycles. The van der Waals surface area contributed by atoms with Gasteiger partial charge in [-0.1, -0.05) is 6.92 Å².